The Morgan fingerprint density at radius 1 is 0.811 bits per heavy atom. The van der Waals surface area contributed by atoms with Crippen molar-refractivity contribution in [1.29, 1.82) is 0 Å². The fourth-order valence-electron chi connectivity index (χ4n) is 4.31. The second-order valence-electron chi connectivity index (χ2n) is 8.93. The molecule has 1 saturated heterocycles. The van der Waals surface area contributed by atoms with Crippen LogP contribution in [0.25, 0.3) is 0 Å². The van der Waals surface area contributed by atoms with Gasteiger partial charge in [-0.2, -0.15) is 0 Å². The number of aromatic nitrogens is 4. The van der Waals surface area contributed by atoms with E-state index < -0.39 is 0 Å². The van der Waals surface area contributed by atoms with Crippen LogP contribution in [0.2, 0.25) is 0 Å². The Kier molecular flexibility index (Phi) is 7.75. The van der Waals surface area contributed by atoms with Crippen molar-refractivity contribution < 1.29 is 9.59 Å². The molecule has 188 valence electrons. The molecule has 1 unspecified atom stereocenters. The molecule has 0 spiro atoms. The highest BCUT2D eigenvalue weighted by molar-refractivity contribution is 7.15. The van der Waals surface area contributed by atoms with Gasteiger partial charge < -0.3 is 15.5 Å². The van der Waals surface area contributed by atoms with E-state index >= 15 is 0 Å². The second kappa shape index (κ2) is 11.7. The third-order valence-electron chi connectivity index (χ3n) is 6.11. The van der Waals surface area contributed by atoms with E-state index in [0.29, 0.717) is 17.4 Å². The summed E-state index contributed by atoms with van der Waals surface area (Å²) in [7, 11) is 0. The summed E-state index contributed by atoms with van der Waals surface area (Å²) in [4.78, 5) is 26.8. The molecule has 37 heavy (non-hydrogen) atoms. The van der Waals surface area contributed by atoms with Crippen LogP contribution in [0.5, 0.6) is 0 Å². The van der Waals surface area contributed by atoms with Gasteiger partial charge in [0.2, 0.25) is 16.9 Å². The average molecular weight is 514 g/mol. The van der Waals surface area contributed by atoms with Gasteiger partial charge in [0, 0.05) is 19.0 Å². The lowest BCUT2D eigenvalue weighted by Crippen LogP contribution is -2.35. The van der Waals surface area contributed by atoms with Crippen molar-refractivity contribution in [2.45, 2.75) is 31.6 Å². The summed E-state index contributed by atoms with van der Waals surface area (Å²) in [6.07, 6.45) is 2.56. The first-order valence-corrected chi connectivity index (χ1v) is 13.0. The number of amides is 2. The number of nitrogens with one attached hydrogen (secondary N) is 2. The van der Waals surface area contributed by atoms with E-state index in [0.717, 1.165) is 47.9 Å². The molecule has 0 radical (unpaired) electrons. The summed E-state index contributed by atoms with van der Waals surface area (Å²) < 4.78 is 0. The molecule has 0 saturated carbocycles. The molecule has 9 nitrogen and oxygen atoms in total. The van der Waals surface area contributed by atoms with Gasteiger partial charge in [-0.25, -0.2) is 0 Å². The maximum atomic E-state index is 12.4. The molecular formula is C27H27N7O2S. The molecule has 2 aromatic heterocycles. The Bertz CT molecular complexity index is 1330. The van der Waals surface area contributed by atoms with Crippen molar-refractivity contribution in [2.24, 2.45) is 0 Å². The maximum Gasteiger partial charge on any atom is 0.230 e. The zero-order chi connectivity index (χ0) is 25.5. The summed E-state index contributed by atoms with van der Waals surface area (Å²) in [5.41, 5.74) is 1.90. The zero-order valence-electron chi connectivity index (χ0n) is 20.2. The molecule has 1 fully saturated rings. The van der Waals surface area contributed by atoms with Crippen molar-refractivity contribution in [1.82, 2.24) is 20.4 Å². The predicted octanol–water partition coefficient (Wildman–Crippen LogP) is 4.07. The monoisotopic (exact) mass is 513 g/mol. The fourth-order valence-corrected chi connectivity index (χ4v) is 5.20. The van der Waals surface area contributed by atoms with E-state index in [1.54, 1.807) is 6.07 Å². The lowest BCUT2D eigenvalue weighted by atomic mass is 9.99. The second-order valence-corrected chi connectivity index (χ2v) is 9.94. The number of carbonyl (C=O) groups excluding carboxylic acids is 2. The van der Waals surface area contributed by atoms with Crippen molar-refractivity contribution in [3.8, 4) is 0 Å². The van der Waals surface area contributed by atoms with Gasteiger partial charge in [0.15, 0.2) is 11.6 Å². The van der Waals surface area contributed by atoms with Crippen LogP contribution in [0.1, 0.15) is 34.9 Å². The van der Waals surface area contributed by atoms with Crippen molar-refractivity contribution in [2.75, 3.05) is 28.6 Å². The highest BCUT2D eigenvalue weighted by Gasteiger charge is 2.26. The van der Waals surface area contributed by atoms with Crippen molar-refractivity contribution >= 4 is 39.9 Å². The summed E-state index contributed by atoms with van der Waals surface area (Å²) in [6, 6.07) is 22.8. The lowest BCUT2D eigenvalue weighted by Gasteiger charge is -2.32. The number of rotatable bonds is 8. The van der Waals surface area contributed by atoms with Crippen LogP contribution in [-0.2, 0) is 22.4 Å². The lowest BCUT2D eigenvalue weighted by molar-refractivity contribution is -0.116. The summed E-state index contributed by atoms with van der Waals surface area (Å²) in [6.45, 7) is 1.60. The van der Waals surface area contributed by atoms with E-state index in [9.17, 15) is 9.59 Å². The Morgan fingerprint density at radius 3 is 2.14 bits per heavy atom. The van der Waals surface area contributed by atoms with Crippen molar-refractivity contribution in [3.05, 3.63) is 88.9 Å². The molecular weight excluding hydrogens is 486 g/mol. The number of hydrogen-bond donors (Lipinski definition) is 2. The molecule has 1 aliphatic rings. The van der Waals surface area contributed by atoms with Gasteiger partial charge in [0.1, 0.15) is 5.01 Å². The average Bonchev–Trinajstić information content (AvgIpc) is 3.38. The van der Waals surface area contributed by atoms with Gasteiger partial charge in [-0.15, -0.1) is 20.4 Å². The van der Waals surface area contributed by atoms with Crippen LogP contribution in [0.15, 0.2) is 72.8 Å². The first kappa shape index (κ1) is 24.5. The zero-order valence-corrected chi connectivity index (χ0v) is 21.0. The molecule has 2 amide bonds. The van der Waals surface area contributed by atoms with Crippen LogP contribution in [0.4, 0.5) is 16.8 Å². The molecule has 1 atom stereocenters. The van der Waals surface area contributed by atoms with E-state index in [1.807, 2.05) is 66.7 Å². The predicted molar refractivity (Wildman–Crippen MR) is 144 cm³/mol. The van der Waals surface area contributed by atoms with Gasteiger partial charge in [-0.05, 0) is 36.1 Å². The fraction of sp³-hybridized carbons (Fsp3) is 0.259. The Morgan fingerprint density at radius 2 is 1.49 bits per heavy atom. The number of piperidine rings is 1. The molecule has 0 bridgehead atoms. The van der Waals surface area contributed by atoms with Crippen molar-refractivity contribution in [3.63, 3.8) is 0 Å². The Hall–Kier alpha value is -4.18. The molecule has 2 N–H and O–H groups in total. The normalized spacial score (nSPS) is 15.2. The summed E-state index contributed by atoms with van der Waals surface area (Å²) in [5, 5.41) is 24.2. The van der Waals surface area contributed by atoms with Crippen LogP contribution >= 0.6 is 11.3 Å². The van der Waals surface area contributed by atoms with Gasteiger partial charge in [0.25, 0.3) is 0 Å². The molecule has 0 aliphatic carbocycles. The van der Waals surface area contributed by atoms with E-state index in [1.165, 1.54) is 11.3 Å². The summed E-state index contributed by atoms with van der Waals surface area (Å²) in [5.74, 6) is 1.14. The smallest absolute Gasteiger partial charge is 0.230 e. The minimum absolute atomic E-state index is 0.106. The quantitative estimate of drug-likeness (QED) is 0.365. The van der Waals surface area contributed by atoms with Gasteiger partial charge in [-0.3, -0.25) is 9.59 Å². The highest BCUT2D eigenvalue weighted by Crippen LogP contribution is 2.32. The third-order valence-corrected chi connectivity index (χ3v) is 7.12. The van der Waals surface area contributed by atoms with Crippen LogP contribution in [-0.4, -0.2) is 45.3 Å². The van der Waals surface area contributed by atoms with Gasteiger partial charge >= 0.3 is 0 Å². The minimum Gasteiger partial charge on any atom is -0.354 e. The highest BCUT2D eigenvalue weighted by atomic mass is 32.1. The first-order chi connectivity index (χ1) is 18.1. The maximum absolute atomic E-state index is 12.4. The third kappa shape index (κ3) is 6.73. The van der Waals surface area contributed by atoms with E-state index in [-0.39, 0.29) is 24.2 Å². The number of nitrogens with zero attached hydrogens (tertiary/aromatic N) is 5. The molecule has 10 heteroatoms. The van der Waals surface area contributed by atoms with Crippen LogP contribution < -0.4 is 15.5 Å². The van der Waals surface area contributed by atoms with E-state index in [4.69, 9.17) is 0 Å². The first-order valence-electron chi connectivity index (χ1n) is 12.2. The number of benzene rings is 2. The Labute approximate surface area is 219 Å². The molecule has 4 aromatic rings. The number of carbonyl (C=O) groups is 2. The molecule has 2 aromatic carbocycles. The number of hydrogen-bond acceptors (Lipinski definition) is 8. The molecule has 5 rings (SSSR count). The Balaban J connectivity index is 1.15. The van der Waals surface area contributed by atoms with Crippen LogP contribution in [0.3, 0.4) is 0 Å². The summed E-state index contributed by atoms with van der Waals surface area (Å²) >= 11 is 1.42. The largest absolute Gasteiger partial charge is 0.354 e. The molecule has 1 aliphatic heterocycles. The minimum atomic E-state index is -0.130. The standard InChI is InChI=1S/C27H27N7O2S/c35-24(16-19-8-3-1-4-9-19)28-22-13-14-23(31-30-22)34-15-7-12-21(18-34)26-32-33-27(37-26)29-25(36)17-20-10-5-2-6-11-20/h1-6,8-11,13-14,21H,7,12,15-18H2,(H,28,30,35)(H,29,33,36). The SMILES string of the molecule is O=C(Cc1ccccc1)Nc1ccc(N2CCCC(c3nnc(NC(=O)Cc4ccccc4)s3)C2)nn1. The van der Waals surface area contributed by atoms with E-state index in [2.05, 4.69) is 35.9 Å². The van der Waals surface area contributed by atoms with Crippen LogP contribution in [0, 0.1) is 0 Å². The van der Waals surface area contributed by atoms with Gasteiger partial charge in [0.05, 0.1) is 12.8 Å². The van der Waals surface area contributed by atoms with Gasteiger partial charge in [-0.1, -0.05) is 72.0 Å². The molecule has 3 heterocycles. The number of anilines is 3. The topological polar surface area (TPSA) is 113 Å².